The van der Waals surface area contributed by atoms with E-state index in [2.05, 4.69) is 21.3 Å². The minimum atomic E-state index is -1.17. The quantitative estimate of drug-likeness (QED) is 0.0915. The van der Waals surface area contributed by atoms with E-state index in [1.807, 2.05) is 50.4 Å². The highest BCUT2D eigenvalue weighted by molar-refractivity contribution is 7.98. The van der Waals surface area contributed by atoms with Crippen LogP contribution < -0.4 is 32.7 Å². The Balaban J connectivity index is 2.12. The summed E-state index contributed by atoms with van der Waals surface area (Å²) in [4.78, 5) is 74.5. The molecule has 0 fully saturated rings. The average Bonchev–Trinajstić information content (AvgIpc) is 3.01. The molecule has 0 aliphatic heterocycles. The number of amides is 5. The third kappa shape index (κ3) is 13.2. The molecule has 46 heavy (non-hydrogen) atoms. The molecule has 0 radical (unpaired) electrons. The highest BCUT2D eigenvalue weighted by atomic mass is 32.2. The van der Waals surface area contributed by atoms with Gasteiger partial charge in [-0.2, -0.15) is 11.8 Å². The van der Waals surface area contributed by atoms with Crippen LogP contribution in [0.25, 0.3) is 0 Å². The van der Waals surface area contributed by atoms with E-state index < -0.39 is 65.2 Å². The van der Waals surface area contributed by atoms with E-state index in [0.717, 1.165) is 5.56 Å². The number of rotatable bonds is 19. The minimum Gasteiger partial charge on any atom is -0.368 e. The average molecular weight is 658 g/mol. The first kappa shape index (κ1) is 37.7. The first-order chi connectivity index (χ1) is 21.8. The summed E-state index contributed by atoms with van der Waals surface area (Å²) in [6, 6.07) is 10.5. The molecule has 2 rings (SSSR count). The van der Waals surface area contributed by atoms with E-state index in [1.165, 1.54) is 36.0 Å². The maximum absolute atomic E-state index is 13.3. The van der Waals surface area contributed by atoms with Crippen molar-refractivity contribution in [1.29, 1.82) is 0 Å². The molecule has 0 bridgehead atoms. The SMILES string of the molecule is CSCC[C@H](NC(=O)[C@H](CC(C)C)NC(=O)CNC(=O)[C@H](Cc1ccc([N+](=O)[O-])cc1)NC(=O)[C@@H](N)Cc1ccccc1)C(N)=O. The van der Waals surface area contributed by atoms with E-state index in [9.17, 15) is 34.1 Å². The molecular weight excluding hydrogens is 614 g/mol. The standard InChI is InChI=1S/C31H43N7O7S/c1-19(2)15-25(31(43)36-24(28(33)40)13-14-46-3)35-27(39)18-34-30(42)26(17-21-9-11-22(12-10-21)38(44)45)37-29(41)23(32)16-20-7-5-4-6-8-20/h4-12,19,23-26H,13-18,32H2,1-3H3,(H2,33,40)(H,34,42)(H,35,39)(H,36,43)(H,37,41)/t23-,24-,25-,26-/m0/s1. The summed E-state index contributed by atoms with van der Waals surface area (Å²) in [5, 5.41) is 21.4. The number of hydrogen-bond acceptors (Lipinski definition) is 9. The van der Waals surface area contributed by atoms with E-state index >= 15 is 0 Å². The maximum Gasteiger partial charge on any atom is 0.269 e. The highest BCUT2D eigenvalue weighted by Crippen LogP contribution is 2.14. The van der Waals surface area contributed by atoms with Crippen molar-refractivity contribution >= 4 is 47.0 Å². The minimum absolute atomic E-state index is 0.00486. The van der Waals surface area contributed by atoms with Gasteiger partial charge in [-0.1, -0.05) is 56.3 Å². The monoisotopic (exact) mass is 657 g/mol. The fourth-order valence-electron chi connectivity index (χ4n) is 4.47. The number of nitro groups is 1. The van der Waals surface area contributed by atoms with Gasteiger partial charge < -0.3 is 32.7 Å². The summed E-state index contributed by atoms with van der Waals surface area (Å²) >= 11 is 1.49. The van der Waals surface area contributed by atoms with Crippen LogP contribution in [0, 0.1) is 16.0 Å². The molecule has 4 atom stereocenters. The van der Waals surface area contributed by atoms with E-state index in [0.29, 0.717) is 17.7 Å². The Morgan fingerprint density at radius 3 is 2.00 bits per heavy atom. The zero-order valence-corrected chi connectivity index (χ0v) is 27.0. The molecule has 0 aromatic heterocycles. The lowest BCUT2D eigenvalue weighted by Gasteiger charge is -2.24. The Morgan fingerprint density at radius 1 is 0.826 bits per heavy atom. The second-order valence-electron chi connectivity index (χ2n) is 11.2. The largest absolute Gasteiger partial charge is 0.368 e. The van der Waals surface area contributed by atoms with Gasteiger partial charge in [-0.3, -0.25) is 34.1 Å². The Morgan fingerprint density at radius 2 is 1.43 bits per heavy atom. The Kier molecular flexibility index (Phi) is 15.7. The molecule has 0 aliphatic carbocycles. The number of nitro benzene ring substituents is 1. The summed E-state index contributed by atoms with van der Waals surface area (Å²) in [6.45, 7) is 3.21. The van der Waals surface area contributed by atoms with Crippen molar-refractivity contribution in [2.45, 2.75) is 63.7 Å². The van der Waals surface area contributed by atoms with Crippen LogP contribution in [0.15, 0.2) is 54.6 Å². The lowest BCUT2D eigenvalue weighted by molar-refractivity contribution is -0.384. The molecule has 14 nitrogen and oxygen atoms in total. The number of hydrogen-bond donors (Lipinski definition) is 6. The van der Waals surface area contributed by atoms with Crippen molar-refractivity contribution in [2.75, 3.05) is 18.6 Å². The number of carbonyl (C=O) groups is 5. The van der Waals surface area contributed by atoms with Gasteiger partial charge in [0.2, 0.25) is 29.5 Å². The zero-order valence-electron chi connectivity index (χ0n) is 26.2. The lowest BCUT2D eigenvalue weighted by atomic mass is 10.0. The predicted molar refractivity (Wildman–Crippen MR) is 175 cm³/mol. The van der Waals surface area contributed by atoms with Crippen LogP contribution in [-0.4, -0.2) is 77.2 Å². The molecule has 2 aromatic carbocycles. The summed E-state index contributed by atoms with van der Waals surface area (Å²) in [5.41, 5.74) is 12.8. The fraction of sp³-hybridized carbons (Fsp3) is 0.452. The van der Waals surface area contributed by atoms with Gasteiger partial charge in [0.15, 0.2) is 0 Å². The number of thioether (sulfide) groups is 1. The Bertz CT molecular complexity index is 1340. The van der Waals surface area contributed by atoms with E-state index in [-0.39, 0.29) is 30.9 Å². The van der Waals surface area contributed by atoms with Crippen LogP contribution in [0.3, 0.4) is 0 Å². The van der Waals surface area contributed by atoms with Crippen molar-refractivity contribution in [3.63, 3.8) is 0 Å². The highest BCUT2D eigenvalue weighted by Gasteiger charge is 2.28. The second kappa shape index (κ2) is 19.1. The maximum atomic E-state index is 13.3. The van der Waals surface area contributed by atoms with Crippen LogP contribution in [0.2, 0.25) is 0 Å². The third-order valence-corrected chi connectivity index (χ3v) is 7.55. The zero-order chi connectivity index (χ0) is 34.2. The van der Waals surface area contributed by atoms with Crippen molar-refractivity contribution in [1.82, 2.24) is 21.3 Å². The normalized spacial score (nSPS) is 13.5. The van der Waals surface area contributed by atoms with E-state index in [4.69, 9.17) is 11.5 Å². The molecule has 5 amide bonds. The number of nitrogens with zero attached hydrogens (tertiary/aromatic N) is 1. The lowest BCUT2D eigenvalue weighted by Crippen LogP contribution is -2.56. The van der Waals surface area contributed by atoms with Gasteiger partial charge >= 0.3 is 0 Å². The van der Waals surface area contributed by atoms with Gasteiger partial charge in [0, 0.05) is 18.6 Å². The topological polar surface area (TPSA) is 229 Å². The van der Waals surface area contributed by atoms with Gasteiger partial charge in [0.25, 0.3) is 5.69 Å². The van der Waals surface area contributed by atoms with Gasteiger partial charge in [-0.25, -0.2) is 0 Å². The third-order valence-electron chi connectivity index (χ3n) is 6.91. The van der Waals surface area contributed by atoms with Crippen LogP contribution in [0.5, 0.6) is 0 Å². The molecule has 0 aliphatic rings. The van der Waals surface area contributed by atoms with Crippen molar-refractivity contribution in [2.24, 2.45) is 17.4 Å². The number of primary amides is 1. The molecule has 0 saturated carbocycles. The van der Waals surface area contributed by atoms with Crippen LogP contribution >= 0.6 is 11.8 Å². The van der Waals surface area contributed by atoms with Crippen molar-refractivity contribution in [3.8, 4) is 0 Å². The summed E-state index contributed by atoms with van der Waals surface area (Å²) < 4.78 is 0. The smallest absolute Gasteiger partial charge is 0.269 e. The van der Waals surface area contributed by atoms with Crippen LogP contribution in [-0.2, 0) is 36.8 Å². The van der Waals surface area contributed by atoms with Crippen molar-refractivity contribution in [3.05, 3.63) is 75.8 Å². The molecule has 0 heterocycles. The molecule has 0 saturated heterocycles. The second-order valence-corrected chi connectivity index (χ2v) is 12.2. The summed E-state index contributed by atoms with van der Waals surface area (Å²) in [5.74, 6) is -2.64. The van der Waals surface area contributed by atoms with Crippen molar-refractivity contribution < 1.29 is 28.9 Å². The van der Waals surface area contributed by atoms with Gasteiger partial charge in [0.05, 0.1) is 17.5 Å². The Labute approximate surface area is 272 Å². The van der Waals surface area contributed by atoms with Crippen LogP contribution in [0.1, 0.15) is 37.8 Å². The summed E-state index contributed by atoms with van der Waals surface area (Å²) in [6.07, 6.45) is 2.62. The number of non-ortho nitro benzene ring substituents is 1. The van der Waals surface area contributed by atoms with Gasteiger partial charge in [-0.05, 0) is 48.3 Å². The molecule has 2 aromatic rings. The molecule has 0 spiro atoms. The van der Waals surface area contributed by atoms with Gasteiger partial charge in [0.1, 0.15) is 18.1 Å². The van der Waals surface area contributed by atoms with E-state index in [1.54, 1.807) is 0 Å². The van der Waals surface area contributed by atoms with Gasteiger partial charge in [-0.15, -0.1) is 0 Å². The van der Waals surface area contributed by atoms with Crippen LogP contribution in [0.4, 0.5) is 5.69 Å². The Hall–Kier alpha value is -4.50. The predicted octanol–water partition coefficient (Wildman–Crippen LogP) is 0.562. The molecular formula is C31H43N7O7S. The first-order valence-corrected chi connectivity index (χ1v) is 16.2. The number of carbonyl (C=O) groups excluding carboxylic acids is 5. The molecule has 0 unspecified atom stereocenters. The number of benzene rings is 2. The molecule has 8 N–H and O–H groups in total. The molecule has 250 valence electrons. The summed E-state index contributed by atoms with van der Waals surface area (Å²) in [7, 11) is 0. The fourth-order valence-corrected chi connectivity index (χ4v) is 4.94. The first-order valence-electron chi connectivity index (χ1n) is 14.8. The molecule has 15 heteroatoms. The number of nitrogens with two attached hydrogens (primary N) is 2. The number of nitrogens with one attached hydrogen (secondary N) is 4.